The molecule has 188 valence electrons. The number of ether oxygens (including phenoxy) is 2. The molecule has 3 N–H and O–H groups in total. The fourth-order valence-corrected chi connectivity index (χ4v) is 3.90. The van der Waals surface area contributed by atoms with E-state index in [1.807, 2.05) is 36.4 Å². The third-order valence-electron chi connectivity index (χ3n) is 5.38. The van der Waals surface area contributed by atoms with Crippen LogP contribution in [0.15, 0.2) is 54.6 Å². The second-order valence-corrected chi connectivity index (χ2v) is 9.01. The Bertz CT molecular complexity index is 1410. The number of carbonyl (C=O) groups excluding carboxylic acids is 2. The Morgan fingerprint density at radius 1 is 1.06 bits per heavy atom. The van der Waals surface area contributed by atoms with Gasteiger partial charge in [0.2, 0.25) is 0 Å². The van der Waals surface area contributed by atoms with E-state index in [0.29, 0.717) is 33.4 Å². The number of aromatic nitrogens is 2. The second-order valence-electron chi connectivity index (χ2n) is 9.01. The molecule has 0 unspecified atom stereocenters. The lowest BCUT2D eigenvalue weighted by Crippen LogP contribution is -2.29. The second kappa shape index (κ2) is 10.3. The van der Waals surface area contributed by atoms with Crippen molar-refractivity contribution >= 4 is 33.8 Å². The fraction of sp³-hybridized carbons (Fsp3) is 0.269. The SMILES string of the molecule is COc1ccc(-c2nc(C(=O)NCCONO)cc3c4ccccc4n(C(=O)OC(C)(C)C)c23)cc1. The molecule has 2 aromatic heterocycles. The Labute approximate surface area is 207 Å². The predicted octanol–water partition coefficient (Wildman–Crippen LogP) is 4.29. The molecule has 0 aliphatic heterocycles. The van der Waals surface area contributed by atoms with Gasteiger partial charge in [-0.2, -0.15) is 0 Å². The minimum Gasteiger partial charge on any atom is -0.497 e. The number of benzene rings is 2. The van der Waals surface area contributed by atoms with Crippen molar-refractivity contribution in [2.45, 2.75) is 26.4 Å². The van der Waals surface area contributed by atoms with E-state index in [4.69, 9.17) is 14.7 Å². The molecule has 10 heteroatoms. The van der Waals surface area contributed by atoms with Gasteiger partial charge in [-0.3, -0.25) is 14.8 Å². The molecule has 0 spiro atoms. The normalized spacial score (nSPS) is 11.6. The highest BCUT2D eigenvalue weighted by molar-refractivity contribution is 6.17. The Balaban J connectivity index is 1.97. The van der Waals surface area contributed by atoms with Crippen LogP contribution in [0, 0.1) is 0 Å². The number of amides is 1. The van der Waals surface area contributed by atoms with Crippen molar-refractivity contribution in [3.05, 3.63) is 60.3 Å². The van der Waals surface area contributed by atoms with Gasteiger partial charge >= 0.3 is 6.09 Å². The third kappa shape index (κ3) is 5.15. The van der Waals surface area contributed by atoms with E-state index in [1.54, 1.807) is 51.7 Å². The molecule has 36 heavy (non-hydrogen) atoms. The molecule has 0 saturated heterocycles. The quantitative estimate of drug-likeness (QED) is 0.258. The van der Waals surface area contributed by atoms with E-state index < -0.39 is 17.6 Å². The summed E-state index contributed by atoms with van der Waals surface area (Å²) in [6.45, 7) is 5.61. The van der Waals surface area contributed by atoms with Crippen molar-refractivity contribution in [1.29, 1.82) is 0 Å². The molecule has 0 bridgehead atoms. The van der Waals surface area contributed by atoms with E-state index in [1.165, 1.54) is 4.57 Å². The van der Waals surface area contributed by atoms with Crippen LogP contribution >= 0.6 is 0 Å². The molecule has 0 aliphatic rings. The molecule has 2 heterocycles. The first kappa shape index (κ1) is 25.1. The van der Waals surface area contributed by atoms with E-state index >= 15 is 0 Å². The molecule has 4 aromatic rings. The first-order valence-electron chi connectivity index (χ1n) is 11.3. The van der Waals surface area contributed by atoms with Gasteiger partial charge in [0.1, 0.15) is 17.0 Å². The smallest absolute Gasteiger partial charge is 0.419 e. The monoisotopic (exact) mass is 492 g/mol. The summed E-state index contributed by atoms with van der Waals surface area (Å²) in [7, 11) is 1.58. The molecule has 4 rings (SSSR count). The van der Waals surface area contributed by atoms with Crippen LogP contribution in [-0.4, -0.2) is 52.6 Å². The summed E-state index contributed by atoms with van der Waals surface area (Å²) in [5.41, 5.74) is 3.32. The van der Waals surface area contributed by atoms with Gasteiger partial charge in [0.05, 0.1) is 30.4 Å². The maximum Gasteiger partial charge on any atom is 0.419 e. The van der Waals surface area contributed by atoms with Gasteiger partial charge in [-0.1, -0.05) is 23.8 Å². The van der Waals surface area contributed by atoms with Crippen LogP contribution in [0.5, 0.6) is 5.75 Å². The molecule has 2 aromatic carbocycles. The summed E-state index contributed by atoms with van der Waals surface area (Å²) >= 11 is 0. The van der Waals surface area contributed by atoms with Gasteiger partial charge in [-0.25, -0.2) is 14.3 Å². The largest absolute Gasteiger partial charge is 0.497 e. The number of hydrogen-bond donors (Lipinski definition) is 3. The zero-order valence-corrected chi connectivity index (χ0v) is 20.5. The van der Waals surface area contributed by atoms with E-state index in [-0.39, 0.29) is 18.8 Å². The highest BCUT2D eigenvalue weighted by Gasteiger charge is 2.26. The number of pyridine rings is 1. The Hall–Kier alpha value is -3.99. The van der Waals surface area contributed by atoms with Crippen molar-refractivity contribution in [3.8, 4) is 17.0 Å². The molecule has 0 fully saturated rings. The van der Waals surface area contributed by atoms with Gasteiger partial charge in [0.15, 0.2) is 0 Å². The summed E-state index contributed by atoms with van der Waals surface area (Å²) in [4.78, 5) is 35.7. The Kier molecular flexibility index (Phi) is 7.20. The molecule has 1 amide bonds. The van der Waals surface area contributed by atoms with Gasteiger partial charge < -0.3 is 14.8 Å². The minimum atomic E-state index is -0.714. The van der Waals surface area contributed by atoms with Crippen LogP contribution < -0.4 is 15.7 Å². The number of methoxy groups -OCH3 is 1. The van der Waals surface area contributed by atoms with Gasteiger partial charge in [0, 0.05) is 22.9 Å². The first-order chi connectivity index (χ1) is 17.2. The van der Waals surface area contributed by atoms with E-state index in [0.717, 1.165) is 5.39 Å². The summed E-state index contributed by atoms with van der Waals surface area (Å²) < 4.78 is 12.5. The van der Waals surface area contributed by atoms with Crippen molar-refractivity contribution in [2.75, 3.05) is 20.3 Å². The topological polar surface area (TPSA) is 124 Å². The van der Waals surface area contributed by atoms with Crippen LogP contribution in [0.25, 0.3) is 33.1 Å². The number of carbonyl (C=O) groups is 2. The standard InChI is InChI=1S/C26H28N4O6/c1-26(2,3)36-25(32)30-21-8-6-5-7-18(21)19-15-20(24(31)27-13-14-35-29-33)28-22(23(19)30)16-9-11-17(34-4)12-10-16/h5-12,15,29,33H,13-14H2,1-4H3,(H,27,31). The van der Waals surface area contributed by atoms with Crippen molar-refractivity contribution in [2.24, 2.45) is 0 Å². The van der Waals surface area contributed by atoms with Crippen molar-refractivity contribution in [1.82, 2.24) is 20.5 Å². The average molecular weight is 493 g/mol. The summed E-state index contributed by atoms with van der Waals surface area (Å²) in [6, 6.07) is 16.3. The molecule has 10 nitrogen and oxygen atoms in total. The van der Waals surface area contributed by atoms with Crippen LogP contribution in [0.1, 0.15) is 31.3 Å². The van der Waals surface area contributed by atoms with E-state index in [9.17, 15) is 9.59 Å². The van der Waals surface area contributed by atoms with Crippen molar-refractivity contribution < 1.29 is 29.1 Å². The number of fused-ring (bicyclic) bond motifs is 3. The Morgan fingerprint density at radius 3 is 2.44 bits per heavy atom. The maximum absolute atomic E-state index is 13.4. The molecule has 0 radical (unpaired) electrons. The number of hydrogen-bond acceptors (Lipinski definition) is 8. The number of nitrogens with zero attached hydrogens (tertiary/aromatic N) is 2. The van der Waals surface area contributed by atoms with Crippen LogP contribution in [0.3, 0.4) is 0 Å². The number of para-hydroxylation sites is 1. The minimum absolute atomic E-state index is 0.0494. The molecule has 0 atom stereocenters. The van der Waals surface area contributed by atoms with Gasteiger partial charge in [-0.05, 0) is 57.2 Å². The summed E-state index contributed by atoms with van der Waals surface area (Å²) in [5, 5.41) is 12.7. The zero-order valence-electron chi connectivity index (χ0n) is 20.5. The van der Waals surface area contributed by atoms with Gasteiger partial charge in [-0.15, -0.1) is 0 Å². The highest BCUT2D eigenvalue weighted by Crippen LogP contribution is 2.36. The molecule has 0 aliphatic carbocycles. The van der Waals surface area contributed by atoms with Crippen LogP contribution in [0.2, 0.25) is 0 Å². The van der Waals surface area contributed by atoms with Crippen molar-refractivity contribution in [3.63, 3.8) is 0 Å². The number of nitrogens with one attached hydrogen (secondary N) is 2. The Morgan fingerprint density at radius 2 is 1.78 bits per heavy atom. The third-order valence-corrected chi connectivity index (χ3v) is 5.38. The first-order valence-corrected chi connectivity index (χ1v) is 11.3. The van der Waals surface area contributed by atoms with E-state index in [2.05, 4.69) is 15.1 Å². The highest BCUT2D eigenvalue weighted by atomic mass is 16.8. The molecular formula is C26H28N4O6. The lowest BCUT2D eigenvalue weighted by molar-refractivity contribution is -0.125. The zero-order chi connectivity index (χ0) is 25.9. The predicted molar refractivity (Wildman–Crippen MR) is 134 cm³/mol. The summed E-state index contributed by atoms with van der Waals surface area (Å²) in [5.74, 6) is 0.233. The summed E-state index contributed by atoms with van der Waals surface area (Å²) in [6.07, 6.45) is -0.545. The average Bonchev–Trinajstić information content (AvgIpc) is 3.19. The molecular weight excluding hydrogens is 464 g/mol. The fourth-order valence-electron chi connectivity index (χ4n) is 3.90. The number of rotatable bonds is 7. The molecule has 0 saturated carbocycles. The van der Waals surface area contributed by atoms with Crippen LogP contribution in [0.4, 0.5) is 4.79 Å². The lowest BCUT2D eigenvalue weighted by Gasteiger charge is -2.20. The lowest BCUT2D eigenvalue weighted by atomic mass is 10.1. The van der Waals surface area contributed by atoms with Gasteiger partial charge in [0.25, 0.3) is 5.91 Å². The van der Waals surface area contributed by atoms with Crippen LogP contribution in [-0.2, 0) is 9.57 Å². The maximum atomic E-state index is 13.4.